The number of amides is 1. The first kappa shape index (κ1) is 22.1. The van der Waals surface area contributed by atoms with E-state index in [1.165, 1.54) is 19.3 Å². The molecule has 3 rings (SSSR count). The fraction of sp³-hybridized carbons (Fsp3) is 0.708. The number of carbonyl (C=O) groups is 1. The number of likely N-dealkylation sites (N-methyl/N-ethyl adjacent to an activating group) is 1. The van der Waals surface area contributed by atoms with Gasteiger partial charge in [-0.25, -0.2) is 0 Å². The summed E-state index contributed by atoms with van der Waals surface area (Å²) in [5, 5.41) is 9.93. The molecule has 1 amide bonds. The van der Waals surface area contributed by atoms with E-state index in [0.717, 1.165) is 50.0 Å². The van der Waals surface area contributed by atoms with Crippen LogP contribution in [0, 0.1) is 5.92 Å². The molecule has 29 heavy (non-hydrogen) atoms. The molecule has 2 aliphatic rings. The zero-order valence-corrected chi connectivity index (χ0v) is 18.3. The lowest BCUT2D eigenvalue weighted by molar-refractivity contribution is -0.135. The van der Waals surface area contributed by atoms with E-state index in [9.17, 15) is 9.90 Å². The van der Waals surface area contributed by atoms with Crippen LogP contribution in [0.1, 0.15) is 63.9 Å². The fourth-order valence-corrected chi connectivity index (χ4v) is 5.09. The van der Waals surface area contributed by atoms with Crippen LogP contribution in [0.25, 0.3) is 0 Å². The SMILES string of the molecule is COc1cccc(CN(CC(=O)N(C)C2CCCCC2C)C2CCC(O)CC2)c1. The van der Waals surface area contributed by atoms with Crippen LogP contribution in [0.15, 0.2) is 24.3 Å². The number of carbonyl (C=O) groups excluding carboxylic acids is 1. The fourth-order valence-electron chi connectivity index (χ4n) is 5.09. The average molecular weight is 403 g/mol. The third kappa shape index (κ3) is 5.95. The maximum atomic E-state index is 13.2. The van der Waals surface area contributed by atoms with Gasteiger partial charge in [0.25, 0.3) is 0 Å². The molecule has 5 heteroatoms. The Hall–Kier alpha value is -1.59. The third-order valence-corrected chi connectivity index (χ3v) is 7.00. The van der Waals surface area contributed by atoms with Gasteiger partial charge in [-0.05, 0) is 62.1 Å². The van der Waals surface area contributed by atoms with Gasteiger partial charge in [-0.15, -0.1) is 0 Å². The molecule has 0 spiro atoms. The van der Waals surface area contributed by atoms with E-state index in [2.05, 4.69) is 24.0 Å². The molecule has 0 heterocycles. The Bertz CT molecular complexity index is 657. The standard InChI is InChI=1S/C24H38N2O3/c1-18-7-4-5-10-23(18)25(2)24(28)17-26(20-11-13-21(27)14-12-20)16-19-8-6-9-22(15-19)29-3/h6,8-9,15,18,20-21,23,27H,4-5,7,10-14,16-17H2,1-3H3. The van der Waals surface area contributed by atoms with Gasteiger partial charge in [-0.1, -0.05) is 31.9 Å². The number of hydrogen-bond acceptors (Lipinski definition) is 4. The van der Waals surface area contributed by atoms with Crippen molar-refractivity contribution in [2.45, 2.75) is 83.0 Å². The largest absolute Gasteiger partial charge is 0.497 e. The number of benzene rings is 1. The van der Waals surface area contributed by atoms with Crippen LogP contribution in [-0.4, -0.2) is 59.7 Å². The molecule has 1 aromatic rings. The highest BCUT2D eigenvalue weighted by atomic mass is 16.5. The van der Waals surface area contributed by atoms with Crippen LogP contribution in [0.5, 0.6) is 5.75 Å². The number of aliphatic hydroxyl groups is 1. The van der Waals surface area contributed by atoms with Crippen LogP contribution in [-0.2, 0) is 11.3 Å². The van der Waals surface area contributed by atoms with E-state index in [-0.39, 0.29) is 12.0 Å². The molecule has 5 nitrogen and oxygen atoms in total. The second kappa shape index (κ2) is 10.4. The second-order valence-electron chi connectivity index (χ2n) is 9.05. The minimum Gasteiger partial charge on any atom is -0.497 e. The summed E-state index contributed by atoms with van der Waals surface area (Å²) in [6, 6.07) is 8.82. The predicted octanol–water partition coefficient (Wildman–Crippen LogP) is 3.84. The van der Waals surface area contributed by atoms with Crippen LogP contribution in [0.4, 0.5) is 0 Å². The molecule has 2 aliphatic carbocycles. The quantitative estimate of drug-likeness (QED) is 0.753. The highest BCUT2D eigenvalue weighted by molar-refractivity contribution is 5.78. The Balaban J connectivity index is 1.70. The predicted molar refractivity (Wildman–Crippen MR) is 116 cm³/mol. The van der Waals surface area contributed by atoms with Gasteiger partial charge in [0.05, 0.1) is 19.8 Å². The highest BCUT2D eigenvalue weighted by Crippen LogP contribution is 2.29. The van der Waals surface area contributed by atoms with E-state index in [1.807, 2.05) is 24.1 Å². The molecule has 162 valence electrons. The molecule has 1 aromatic carbocycles. The molecule has 2 atom stereocenters. The maximum absolute atomic E-state index is 13.2. The Kier molecular flexibility index (Phi) is 7.96. The van der Waals surface area contributed by atoms with Gasteiger partial charge in [0, 0.05) is 25.7 Å². The lowest BCUT2D eigenvalue weighted by atomic mass is 9.85. The van der Waals surface area contributed by atoms with Crippen molar-refractivity contribution in [3.63, 3.8) is 0 Å². The molecule has 0 saturated heterocycles. The Morgan fingerprint density at radius 3 is 2.55 bits per heavy atom. The molecule has 2 saturated carbocycles. The van der Waals surface area contributed by atoms with E-state index >= 15 is 0 Å². The molecule has 0 bridgehead atoms. The number of hydrogen-bond donors (Lipinski definition) is 1. The van der Waals surface area contributed by atoms with Crippen molar-refractivity contribution in [2.24, 2.45) is 5.92 Å². The lowest BCUT2D eigenvalue weighted by Gasteiger charge is -2.39. The number of nitrogens with zero attached hydrogens (tertiary/aromatic N) is 2. The topological polar surface area (TPSA) is 53.0 Å². The van der Waals surface area contributed by atoms with E-state index in [1.54, 1.807) is 7.11 Å². The third-order valence-electron chi connectivity index (χ3n) is 7.00. The van der Waals surface area contributed by atoms with Gasteiger partial charge in [0.15, 0.2) is 0 Å². The van der Waals surface area contributed by atoms with Crippen molar-refractivity contribution in [2.75, 3.05) is 20.7 Å². The highest BCUT2D eigenvalue weighted by Gasteiger charge is 2.31. The van der Waals surface area contributed by atoms with E-state index < -0.39 is 0 Å². The van der Waals surface area contributed by atoms with Gasteiger partial charge in [0.1, 0.15) is 5.75 Å². The van der Waals surface area contributed by atoms with Gasteiger partial charge in [-0.3, -0.25) is 9.69 Å². The second-order valence-corrected chi connectivity index (χ2v) is 9.05. The first-order valence-electron chi connectivity index (χ1n) is 11.3. The van der Waals surface area contributed by atoms with Crippen LogP contribution >= 0.6 is 0 Å². The average Bonchev–Trinajstić information content (AvgIpc) is 2.74. The zero-order chi connectivity index (χ0) is 20.8. The molecule has 2 fully saturated rings. The molecule has 0 aromatic heterocycles. The van der Waals surface area contributed by atoms with Crippen molar-refractivity contribution >= 4 is 5.91 Å². The Morgan fingerprint density at radius 1 is 1.14 bits per heavy atom. The summed E-state index contributed by atoms with van der Waals surface area (Å²) in [4.78, 5) is 17.6. The number of methoxy groups -OCH3 is 1. The van der Waals surface area contributed by atoms with Gasteiger partial charge >= 0.3 is 0 Å². The summed E-state index contributed by atoms with van der Waals surface area (Å²) in [5.74, 6) is 1.65. The molecule has 1 N–H and O–H groups in total. The number of aliphatic hydroxyl groups excluding tert-OH is 1. The summed E-state index contributed by atoms with van der Waals surface area (Å²) < 4.78 is 5.38. The smallest absolute Gasteiger partial charge is 0.236 e. The van der Waals surface area contributed by atoms with Crippen molar-refractivity contribution in [1.82, 2.24) is 9.80 Å². The van der Waals surface area contributed by atoms with Gasteiger partial charge in [-0.2, -0.15) is 0 Å². The van der Waals surface area contributed by atoms with Gasteiger partial charge in [0.2, 0.25) is 5.91 Å². The van der Waals surface area contributed by atoms with Gasteiger partial charge < -0.3 is 14.7 Å². The van der Waals surface area contributed by atoms with Crippen molar-refractivity contribution in [3.05, 3.63) is 29.8 Å². The molecular weight excluding hydrogens is 364 g/mol. The first-order valence-corrected chi connectivity index (χ1v) is 11.3. The summed E-state index contributed by atoms with van der Waals surface area (Å²) in [7, 11) is 3.67. The zero-order valence-electron chi connectivity index (χ0n) is 18.3. The summed E-state index contributed by atoms with van der Waals surface area (Å²) in [5.41, 5.74) is 1.16. The minimum atomic E-state index is -0.189. The minimum absolute atomic E-state index is 0.189. The molecule has 0 aliphatic heterocycles. The summed E-state index contributed by atoms with van der Waals surface area (Å²) in [6.45, 7) is 3.46. The molecule has 0 radical (unpaired) electrons. The maximum Gasteiger partial charge on any atom is 0.236 e. The Morgan fingerprint density at radius 2 is 1.86 bits per heavy atom. The van der Waals surface area contributed by atoms with E-state index in [0.29, 0.717) is 24.5 Å². The molecular formula is C24H38N2O3. The van der Waals surface area contributed by atoms with E-state index in [4.69, 9.17) is 4.74 Å². The number of rotatable bonds is 7. The van der Waals surface area contributed by atoms with Crippen LogP contribution in [0.2, 0.25) is 0 Å². The lowest BCUT2D eigenvalue weighted by Crippen LogP contribution is -2.49. The monoisotopic (exact) mass is 402 g/mol. The van der Waals surface area contributed by atoms with Crippen molar-refractivity contribution in [1.29, 1.82) is 0 Å². The van der Waals surface area contributed by atoms with Crippen molar-refractivity contribution < 1.29 is 14.6 Å². The Labute approximate surface area is 176 Å². The summed E-state index contributed by atoms with van der Waals surface area (Å²) >= 11 is 0. The van der Waals surface area contributed by atoms with Crippen LogP contribution < -0.4 is 4.74 Å². The van der Waals surface area contributed by atoms with Crippen molar-refractivity contribution in [3.8, 4) is 5.75 Å². The molecule has 2 unspecified atom stereocenters. The number of ether oxygens (including phenoxy) is 1. The first-order chi connectivity index (χ1) is 14.0. The summed E-state index contributed by atoms with van der Waals surface area (Å²) in [6.07, 6.45) is 8.19. The normalized spacial score (nSPS) is 27.6. The van der Waals surface area contributed by atoms with Crippen LogP contribution in [0.3, 0.4) is 0 Å².